The Morgan fingerprint density at radius 2 is 2.11 bits per heavy atom. The number of rotatable bonds is 8. The highest BCUT2D eigenvalue weighted by Crippen LogP contribution is 2.13. The van der Waals surface area contributed by atoms with Gasteiger partial charge in [0.1, 0.15) is 5.82 Å². The maximum absolute atomic E-state index is 12.9. The second kappa shape index (κ2) is 7.82. The van der Waals surface area contributed by atoms with Crippen molar-refractivity contribution in [1.29, 1.82) is 0 Å². The molecule has 1 aromatic carbocycles. The fraction of sp³-hybridized carbons (Fsp3) is 0.500. The number of carbonyl (C=O) groups is 1. The van der Waals surface area contributed by atoms with Crippen molar-refractivity contribution < 1.29 is 19.0 Å². The Balaban J connectivity index is 2.44. The highest BCUT2D eigenvalue weighted by molar-refractivity contribution is 5.89. The van der Waals surface area contributed by atoms with Gasteiger partial charge in [-0.2, -0.15) is 0 Å². The second-order valence-electron chi connectivity index (χ2n) is 4.22. The lowest BCUT2D eigenvalue weighted by Crippen LogP contribution is -2.05. The van der Waals surface area contributed by atoms with Gasteiger partial charge in [-0.15, -0.1) is 0 Å². The lowest BCUT2D eigenvalue weighted by molar-refractivity contribution is 0.0686. The van der Waals surface area contributed by atoms with E-state index in [-0.39, 0.29) is 12.2 Å². The molecule has 0 radical (unpaired) electrons. The molecule has 0 saturated carbocycles. The number of hydrogen-bond donors (Lipinski definition) is 1. The van der Waals surface area contributed by atoms with Crippen molar-refractivity contribution in [2.24, 2.45) is 0 Å². The summed E-state index contributed by atoms with van der Waals surface area (Å²) in [5.41, 5.74) is 0.489. The summed E-state index contributed by atoms with van der Waals surface area (Å²) in [6, 6.07) is 3.74. The van der Waals surface area contributed by atoms with Gasteiger partial charge in [-0.3, -0.25) is 0 Å². The average Bonchev–Trinajstić information content (AvgIpc) is 2.35. The first-order valence-corrected chi connectivity index (χ1v) is 6.24. The van der Waals surface area contributed by atoms with Crippen LogP contribution in [0.2, 0.25) is 0 Å². The van der Waals surface area contributed by atoms with E-state index in [0.717, 1.165) is 18.9 Å². The molecule has 1 rings (SSSR count). The third-order valence-electron chi connectivity index (χ3n) is 2.70. The largest absolute Gasteiger partial charge is 0.478 e. The molecule has 1 aromatic rings. The molecule has 18 heavy (non-hydrogen) atoms. The maximum Gasteiger partial charge on any atom is 0.336 e. The summed E-state index contributed by atoms with van der Waals surface area (Å²) in [5.74, 6) is -1.67. The first-order valence-electron chi connectivity index (χ1n) is 6.24. The van der Waals surface area contributed by atoms with Crippen LogP contribution in [0.5, 0.6) is 0 Å². The predicted molar refractivity (Wildman–Crippen MR) is 67.2 cm³/mol. The van der Waals surface area contributed by atoms with Crippen LogP contribution in [-0.2, 0) is 11.3 Å². The predicted octanol–water partition coefficient (Wildman–Crippen LogP) is 3.62. The molecule has 0 aliphatic carbocycles. The normalized spacial score (nSPS) is 10.6. The molecule has 3 nitrogen and oxygen atoms in total. The fourth-order valence-corrected chi connectivity index (χ4v) is 1.69. The van der Waals surface area contributed by atoms with E-state index in [1.165, 1.54) is 25.0 Å². The van der Waals surface area contributed by atoms with E-state index in [2.05, 4.69) is 6.92 Å². The average molecular weight is 254 g/mol. The number of halogens is 1. The van der Waals surface area contributed by atoms with Gasteiger partial charge in [-0.05, 0) is 24.1 Å². The van der Waals surface area contributed by atoms with E-state index in [9.17, 15) is 9.18 Å². The van der Waals surface area contributed by atoms with Gasteiger partial charge in [-0.25, -0.2) is 9.18 Å². The van der Waals surface area contributed by atoms with E-state index in [1.54, 1.807) is 0 Å². The minimum Gasteiger partial charge on any atom is -0.478 e. The number of ether oxygens (including phenoxy) is 1. The fourth-order valence-electron chi connectivity index (χ4n) is 1.69. The number of benzene rings is 1. The standard InChI is InChI=1S/C14H19FO3/c1-2-3-4-5-8-18-10-11-6-7-12(15)9-13(11)14(16)17/h6-7,9H,2-5,8,10H2,1H3,(H,16,17). The summed E-state index contributed by atoms with van der Waals surface area (Å²) in [5, 5.41) is 8.94. The molecule has 0 aliphatic rings. The zero-order chi connectivity index (χ0) is 13.4. The highest BCUT2D eigenvalue weighted by atomic mass is 19.1. The van der Waals surface area contributed by atoms with Crippen molar-refractivity contribution in [3.05, 3.63) is 35.1 Å². The van der Waals surface area contributed by atoms with Crippen molar-refractivity contribution in [2.75, 3.05) is 6.61 Å². The van der Waals surface area contributed by atoms with Crippen LogP contribution in [0.3, 0.4) is 0 Å². The first kappa shape index (κ1) is 14.6. The lowest BCUT2D eigenvalue weighted by atomic mass is 10.1. The number of carboxylic acid groups (broad SMARTS) is 1. The van der Waals surface area contributed by atoms with Crippen LogP contribution in [0.15, 0.2) is 18.2 Å². The molecule has 0 amide bonds. The molecule has 4 heteroatoms. The zero-order valence-electron chi connectivity index (χ0n) is 10.6. The summed E-state index contributed by atoms with van der Waals surface area (Å²) < 4.78 is 18.3. The second-order valence-corrected chi connectivity index (χ2v) is 4.22. The number of aromatic carboxylic acids is 1. The number of hydrogen-bond acceptors (Lipinski definition) is 2. The van der Waals surface area contributed by atoms with Crippen LogP contribution >= 0.6 is 0 Å². The quantitative estimate of drug-likeness (QED) is 0.721. The molecule has 0 bridgehead atoms. The van der Waals surface area contributed by atoms with Gasteiger partial charge in [0, 0.05) is 6.61 Å². The van der Waals surface area contributed by atoms with E-state index < -0.39 is 11.8 Å². The van der Waals surface area contributed by atoms with Gasteiger partial charge < -0.3 is 9.84 Å². The Morgan fingerprint density at radius 3 is 2.78 bits per heavy atom. The smallest absolute Gasteiger partial charge is 0.336 e. The van der Waals surface area contributed by atoms with Crippen molar-refractivity contribution in [3.63, 3.8) is 0 Å². The molecule has 0 unspecified atom stereocenters. The van der Waals surface area contributed by atoms with Crippen molar-refractivity contribution in [3.8, 4) is 0 Å². The van der Waals surface area contributed by atoms with E-state index in [0.29, 0.717) is 12.2 Å². The zero-order valence-corrected chi connectivity index (χ0v) is 10.6. The molecule has 0 spiro atoms. The first-order chi connectivity index (χ1) is 8.65. The Bertz CT molecular complexity index is 391. The third kappa shape index (κ3) is 4.84. The Morgan fingerprint density at radius 1 is 1.33 bits per heavy atom. The molecular weight excluding hydrogens is 235 g/mol. The lowest BCUT2D eigenvalue weighted by Gasteiger charge is -2.07. The van der Waals surface area contributed by atoms with Crippen LogP contribution in [0.4, 0.5) is 4.39 Å². The summed E-state index contributed by atoms with van der Waals surface area (Å²) in [4.78, 5) is 10.9. The van der Waals surface area contributed by atoms with E-state index in [4.69, 9.17) is 9.84 Å². The summed E-state index contributed by atoms with van der Waals surface area (Å²) in [7, 11) is 0. The van der Waals surface area contributed by atoms with Gasteiger partial charge in [0.25, 0.3) is 0 Å². The molecule has 1 N–H and O–H groups in total. The number of carboxylic acids is 1. The van der Waals surface area contributed by atoms with Crippen LogP contribution in [0.1, 0.15) is 48.5 Å². The van der Waals surface area contributed by atoms with Crippen molar-refractivity contribution in [1.82, 2.24) is 0 Å². The van der Waals surface area contributed by atoms with Gasteiger partial charge in [0.05, 0.1) is 12.2 Å². The van der Waals surface area contributed by atoms with Gasteiger partial charge in [0.2, 0.25) is 0 Å². The van der Waals surface area contributed by atoms with E-state index in [1.807, 2.05) is 0 Å². The molecule has 0 aliphatic heterocycles. The Kier molecular flexibility index (Phi) is 6.36. The minimum absolute atomic E-state index is 0.0245. The molecule has 0 saturated heterocycles. The molecule has 0 atom stereocenters. The van der Waals surface area contributed by atoms with Crippen LogP contribution < -0.4 is 0 Å². The topological polar surface area (TPSA) is 46.5 Å². The summed E-state index contributed by atoms with van der Waals surface area (Å²) in [6.45, 7) is 2.96. The molecule has 0 heterocycles. The molecule has 0 fully saturated rings. The summed E-state index contributed by atoms with van der Waals surface area (Å²) >= 11 is 0. The van der Waals surface area contributed by atoms with Gasteiger partial charge in [-0.1, -0.05) is 32.3 Å². The number of unbranched alkanes of at least 4 members (excludes halogenated alkanes) is 3. The monoisotopic (exact) mass is 254 g/mol. The van der Waals surface area contributed by atoms with E-state index >= 15 is 0 Å². The Hall–Kier alpha value is -1.42. The third-order valence-corrected chi connectivity index (χ3v) is 2.70. The molecule has 100 valence electrons. The van der Waals surface area contributed by atoms with Crippen LogP contribution in [0.25, 0.3) is 0 Å². The molecule has 0 aromatic heterocycles. The van der Waals surface area contributed by atoms with Crippen LogP contribution in [-0.4, -0.2) is 17.7 Å². The van der Waals surface area contributed by atoms with Crippen molar-refractivity contribution in [2.45, 2.75) is 39.2 Å². The Labute approximate surface area is 107 Å². The van der Waals surface area contributed by atoms with Crippen molar-refractivity contribution >= 4 is 5.97 Å². The van der Waals surface area contributed by atoms with Gasteiger partial charge in [0.15, 0.2) is 0 Å². The molecular formula is C14H19FO3. The minimum atomic E-state index is -1.13. The summed E-state index contributed by atoms with van der Waals surface area (Å²) in [6.07, 6.45) is 4.44. The SMILES string of the molecule is CCCCCCOCc1ccc(F)cc1C(=O)O. The highest BCUT2D eigenvalue weighted by Gasteiger charge is 2.11. The van der Waals surface area contributed by atoms with Gasteiger partial charge >= 0.3 is 5.97 Å². The maximum atomic E-state index is 12.9. The van der Waals surface area contributed by atoms with Crippen LogP contribution in [0, 0.1) is 5.82 Å².